The largest absolute Gasteiger partial charge is 0.444 e. The lowest BCUT2D eigenvalue weighted by atomic mass is 10.1. The highest BCUT2D eigenvalue weighted by atomic mass is 16.6. The van der Waals surface area contributed by atoms with E-state index < -0.39 is 5.60 Å². The van der Waals surface area contributed by atoms with E-state index in [2.05, 4.69) is 16.0 Å². The number of hydrogen-bond donors (Lipinski definition) is 1. The monoisotopic (exact) mass is 265 g/mol. The van der Waals surface area contributed by atoms with E-state index in [4.69, 9.17) is 4.74 Å². The number of ether oxygens (including phenoxy) is 1. The smallest absolute Gasteiger partial charge is 0.410 e. The predicted octanol–water partition coefficient (Wildman–Crippen LogP) is 1.73. The number of nitrogens with zero attached hydrogens (tertiary/aromatic N) is 2. The number of carbonyl (C=O) groups excluding carboxylic acids is 1. The van der Waals surface area contributed by atoms with Crippen LogP contribution in [0.15, 0.2) is 18.3 Å². The second kappa shape index (κ2) is 5.25. The third-order valence-electron chi connectivity index (χ3n) is 3.16. The molecule has 0 radical (unpaired) electrons. The van der Waals surface area contributed by atoms with Gasteiger partial charge in [0.25, 0.3) is 0 Å². The Labute approximate surface area is 114 Å². The molecular formula is C14H23N3O2. The molecule has 1 amide bonds. The summed E-state index contributed by atoms with van der Waals surface area (Å²) in [6.07, 6.45) is 1.81. The minimum Gasteiger partial charge on any atom is -0.444 e. The molecule has 2 rings (SSSR count). The molecular weight excluding hydrogens is 242 g/mol. The maximum absolute atomic E-state index is 11.7. The topological polar surface area (TPSA) is 46.5 Å². The first-order valence-electron chi connectivity index (χ1n) is 6.67. The quantitative estimate of drug-likeness (QED) is 0.905. The van der Waals surface area contributed by atoms with Crippen molar-refractivity contribution in [1.29, 1.82) is 0 Å². The van der Waals surface area contributed by atoms with Crippen molar-refractivity contribution in [2.45, 2.75) is 39.0 Å². The Morgan fingerprint density at radius 1 is 1.47 bits per heavy atom. The molecule has 1 fully saturated rings. The van der Waals surface area contributed by atoms with Gasteiger partial charge < -0.3 is 19.5 Å². The van der Waals surface area contributed by atoms with Crippen molar-refractivity contribution < 1.29 is 9.53 Å². The van der Waals surface area contributed by atoms with Crippen molar-refractivity contribution in [1.82, 2.24) is 14.8 Å². The summed E-state index contributed by atoms with van der Waals surface area (Å²) in [6, 6.07) is 4.49. The van der Waals surface area contributed by atoms with Crippen molar-refractivity contribution in [2.24, 2.45) is 7.05 Å². The Balaban J connectivity index is 1.69. The van der Waals surface area contributed by atoms with Crippen LogP contribution in [-0.4, -0.2) is 40.3 Å². The first-order chi connectivity index (χ1) is 8.85. The average Bonchev–Trinajstić information content (AvgIpc) is 2.59. The molecule has 1 saturated heterocycles. The standard InChI is InChI=1S/C14H23N3O2/c1-14(2,3)19-13(18)17-9-11(10-17)15-8-12-6-5-7-16(12)4/h5-7,11,15H,8-10H2,1-4H3. The summed E-state index contributed by atoms with van der Waals surface area (Å²) in [5.41, 5.74) is 0.828. The van der Waals surface area contributed by atoms with E-state index >= 15 is 0 Å². The molecule has 1 aromatic heterocycles. The molecule has 19 heavy (non-hydrogen) atoms. The molecule has 1 N–H and O–H groups in total. The number of rotatable bonds is 3. The van der Waals surface area contributed by atoms with Crippen molar-refractivity contribution in [3.8, 4) is 0 Å². The van der Waals surface area contributed by atoms with Crippen LogP contribution in [-0.2, 0) is 18.3 Å². The van der Waals surface area contributed by atoms with Gasteiger partial charge in [-0.05, 0) is 32.9 Å². The third kappa shape index (κ3) is 3.73. The lowest BCUT2D eigenvalue weighted by molar-refractivity contribution is 0.00514. The van der Waals surface area contributed by atoms with E-state index in [0.29, 0.717) is 6.04 Å². The summed E-state index contributed by atoms with van der Waals surface area (Å²) in [4.78, 5) is 13.5. The summed E-state index contributed by atoms with van der Waals surface area (Å²) in [7, 11) is 2.03. The van der Waals surface area contributed by atoms with Gasteiger partial charge in [0.2, 0.25) is 0 Å². The van der Waals surface area contributed by atoms with Crippen molar-refractivity contribution in [3.05, 3.63) is 24.0 Å². The number of hydrogen-bond acceptors (Lipinski definition) is 3. The number of aryl methyl sites for hydroxylation is 1. The van der Waals surface area contributed by atoms with Gasteiger partial charge in [0.15, 0.2) is 0 Å². The zero-order valence-electron chi connectivity index (χ0n) is 12.1. The second-order valence-electron chi connectivity index (χ2n) is 6.07. The van der Waals surface area contributed by atoms with Crippen LogP contribution < -0.4 is 5.32 Å². The lowest BCUT2D eigenvalue weighted by Crippen LogP contribution is -2.60. The molecule has 0 saturated carbocycles. The van der Waals surface area contributed by atoms with E-state index in [1.54, 1.807) is 4.90 Å². The first-order valence-corrected chi connectivity index (χ1v) is 6.67. The Hall–Kier alpha value is -1.49. The van der Waals surface area contributed by atoms with E-state index in [9.17, 15) is 4.79 Å². The number of likely N-dealkylation sites (tertiary alicyclic amines) is 1. The summed E-state index contributed by atoms with van der Waals surface area (Å²) in [5, 5.41) is 3.44. The zero-order chi connectivity index (χ0) is 14.0. The Morgan fingerprint density at radius 3 is 2.68 bits per heavy atom. The van der Waals surface area contributed by atoms with Gasteiger partial charge in [0.1, 0.15) is 5.60 Å². The van der Waals surface area contributed by atoms with Crippen LogP contribution in [0.25, 0.3) is 0 Å². The number of amides is 1. The van der Waals surface area contributed by atoms with Crippen LogP contribution in [0.5, 0.6) is 0 Å². The number of nitrogens with one attached hydrogen (secondary N) is 1. The fraction of sp³-hybridized carbons (Fsp3) is 0.643. The zero-order valence-corrected chi connectivity index (χ0v) is 12.1. The van der Waals surface area contributed by atoms with Gasteiger partial charge in [-0.3, -0.25) is 0 Å². The Kier molecular flexibility index (Phi) is 3.85. The Morgan fingerprint density at radius 2 is 2.16 bits per heavy atom. The molecule has 1 aliphatic rings. The first kappa shape index (κ1) is 13.9. The summed E-state index contributed by atoms with van der Waals surface area (Å²) >= 11 is 0. The van der Waals surface area contributed by atoms with Crippen molar-refractivity contribution >= 4 is 6.09 Å². The number of carbonyl (C=O) groups is 1. The fourth-order valence-electron chi connectivity index (χ4n) is 2.01. The summed E-state index contributed by atoms with van der Waals surface area (Å²) in [6.45, 7) is 7.93. The molecule has 1 aromatic rings. The van der Waals surface area contributed by atoms with Gasteiger partial charge in [-0.2, -0.15) is 0 Å². The maximum Gasteiger partial charge on any atom is 0.410 e. The molecule has 2 heterocycles. The van der Waals surface area contributed by atoms with Crippen LogP contribution in [0.1, 0.15) is 26.5 Å². The van der Waals surface area contributed by atoms with Crippen LogP contribution in [0, 0.1) is 0 Å². The summed E-state index contributed by atoms with van der Waals surface area (Å²) in [5.74, 6) is 0. The normalized spacial score (nSPS) is 16.3. The minimum atomic E-state index is -0.418. The molecule has 0 bridgehead atoms. The van der Waals surface area contributed by atoms with E-state index in [1.165, 1.54) is 5.69 Å². The van der Waals surface area contributed by atoms with Crippen LogP contribution >= 0.6 is 0 Å². The molecule has 5 nitrogen and oxygen atoms in total. The van der Waals surface area contributed by atoms with Gasteiger partial charge in [0.05, 0.1) is 0 Å². The molecule has 0 aromatic carbocycles. The molecule has 0 atom stereocenters. The van der Waals surface area contributed by atoms with Gasteiger partial charge in [-0.15, -0.1) is 0 Å². The van der Waals surface area contributed by atoms with Crippen molar-refractivity contribution in [2.75, 3.05) is 13.1 Å². The van der Waals surface area contributed by atoms with Gasteiger partial charge in [-0.1, -0.05) is 0 Å². The maximum atomic E-state index is 11.7. The van der Waals surface area contributed by atoms with E-state index in [0.717, 1.165) is 19.6 Å². The predicted molar refractivity (Wildman–Crippen MR) is 73.8 cm³/mol. The average molecular weight is 265 g/mol. The molecule has 1 aliphatic heterocycles. The highest BCUT2D eigenvalue weighted by Gasteiger charge is 2.33. The molecule has 0 unspecified atom stereocenters. The second-order valence-corrected chi connectivity index (χ2v) is 6.07. The Bertz CT molecular complexity index is 442. The van der Waals surface area contributed by atoms with Crippen molar-refractivity contribution in [3.63, 3.8) is 0 Å². The minimum absolute atomic E-state index is 0.218. The van der Waals surface area contributed by atoms with Crippen LogP contribution in [0.3, 0.4) is 0 Å². The molecule has 5 heteroatoms. The van der Waals surface area contributed by atoms with Gasteiger partial charge in [-0.25, -0.2) is 4.79 Å². The van der Waals surface area contributed by atoms with E-state index in [1.807, 2.05) is 40.1 Å². The van der Waals surface area contributed by atoms with E-state index in [-0.39, 0.29) is 6.09 Å². The van der Waals surface area contributed by atoms with Gasteiger partial charge >= 0.3 is 6.09 Å². The number of aromatic nitrogens is 1. The van der Waals surface area contributed by atoms with Crippen LogP contribution in [0.4, 0.5) is 4.79 Å². The van der Waals surface area contributed by atoms with Gasteiger partial charge in [0, 0.05) is 44.6 Å². The highest BCUT2D eigenvalue weighted by Crippen LogP contribution is 2.15. The third-order valence-corrected chi connectivity index (χ3v) is 3.16. The molecule has 0 spiro atoms. The molecule has 0 aliphatic carbocycles. The van der Waals surface area contributed by atoms with Crippen LogP contribution in [0.2, 0.25) is 0 Å². The summed E-state index contributed by atoms with van der Waals surface area (Å²) < 4.78 is 7.41. The molecule has 106 valence electrons. The highest BCUT2D eigenvalue weighted by molar-refractivity contribution is 5.69. The lowest BCUT2D eigenvalue weighted by Gasteiger charge is -2.40. The SMILES string of the molecule is Cn1cccc1CNC1CN(C(=O)OC(C)(C)C)C1. The fourth-order valence-corrected chi connectivity index (χ4v) is 2.01.